The number of carbonyl (C=O) groups excluding carboxylic acids is 1. The molecule has 0 atom stereocenters. The molecule has 0 aliphatic rings. The molecule has 0 N–H and O–H groups in total. The molecule has 0 bridgehead atoms. The van der Waals surface area contributed by atoms with E-state index in [1.165, 1.54) is 0 Å². The first-order chi connectivity index (χ1) is 7.33. The molecule has 2 aromatic rings. The molecule has 0 amide bonds. The van der Waals surface area contributed by atoms with Gasteiger partial charge in [-0.3, -0.25) is 0 Å². The third-order valence-corrected chi connectivity index (χ3v) is 3.89. The second-order valence-electron chi connectivity index (χ2n) is 2.92. The van der Waals surface area contributed by atoms with Crippen LogP contribution in [0.1, 0.15) is 10.5 Å². The number of methoxy groups -OCH3 is 1. The van der Waals surface area contributed by atoms with Crippen LogP contribution in [0, 0.1) is 0 Å². The second-order valence-corrected chi connectivity index (χ2v) is 4.72. The number of hydrogen-bond donors (Lipinski definition) is 0. The van der Waals surface area contributed by atoms with Gasteiger partial charge in [-0.1, -0.05) is 0 Å². The van der Waals surface area contributed by atoms with Crippen molar-refractivity contribution in [2.45, 2.75) is 0 Å². The van der Waals surface area contributed by atoms with Crippen LogP contribution in [0.25, 0.3) is 10.1 Å². The van der Waals surface area contributed by atoms with Crippen LogP contribution in [0.15, 0.2) is 29.2 Å². The van der Waals surface area contributed by atoms with Crippen molar-refractivity contribution >= 4 is 20.8 Å². The summed E-state index contributed by atoms with van der Waals surface area (Å²) >= 11 is 0.171. The maximum absolute atomic E-state index is 10.5. The van der Waals surface area contributed by atoms with Crippen LogP contribution < -0.4 is 4.74 Å². The van der Waals surface area contributed by atoms with Gasteiger partial charge in [0.2, 0.25) is 0 Å². The first-order valence-electron chi connectivity index (χ1n) is 4.38. The normalized spacial score (nSPS) is 9.93. The van der Waals surface area contributed by atoms with E-state index in [1.54, 1.807) is 7.11 Å². The summed E-state index contributed by atoms with van der Waals surface area (Å²) in [4.78, 5) is 16.6. The van der Waals surface area contributed by atoms with Gasteiger partial charge in [0, 0.05) is 0 Å². The van der Waals surface area contributed by atoms with Crippen molar-refractivity contribution in [3.8, 4) is 15.9 Å². The van der Waals surface area contributed by atoms with Crippen molar-refractivity contribution in [2.75, 3.05) is 7.11 Å². The van der Waals surface area contributed by atoms with Gasteiger partial charge in [-0.25, -0.2) is 0 Å². The van der Waals surface area contributed by atoms with Crippen molar-refractivity contribution in [1.29, 1.82) is 0 Å². The molecule has 0 fully saturated rings. The van der Waals surface area contributed by atoms with Gasteiger partial charge in [-0.2, -0.15) is 0 Å². The zero-order chi connectivity index (χ0) is 10.7. The molecule has 0 radical (unpaired) electrons. The van der Waals surface area contributed by atoms with Gasteiger partial charge in [0.05, 0.1) is 0 Å². The molecule has 0 aliphatic heterocycles. The first kappa shape index (κ1) is 10.1. The van der Waals surface area contributed by atoms with Crippen LogP contribution in [-0.4, -0.2) is 32.9 Å². The van der Waals surface area contributed by atoms with Crippen molar-refractivity contribution in [3.63, 3.8) is 0 Å². The molecule has 1 aromatic carbocycles. The number of benzene rings is 1. The molecule has 1 heterocycles. The topological polar surface area (TPSA) is 39.2 Å². The Kier molecular flexibility index (Phi) is 2.99. The monoisotopic (exact) mass is 267 g/mol. The Morgan fingerprint density at radius 2 is 2.07 bits per heavy atom. The molecule has 0 unspecified atom stereocenters. The Morgan fingerprint density at radius 1 is 1.33 bits per heavy atom. The predicted octanol–water partition coefficient (Wildman–Crippen LogP) is 1.63. The molecule has 76 valence electrons. The average Bonchev–Trinajstić information content (AvgIpc) is 2.78. The maximum atomic E-state index is 10.5. The number of hydrogen-bond acceptors (Lipinski definition) is 3. The Morgan fingerprint density at radius 3 is 2.60 bits per heavy atom. The minimum absolute atomic E-state index is 0.171. The van der Waals surface area contributed by atoms with Gasteiger partial charge in [0.15, 0.2) is 0 Å². The summed E-state index contributed by atoms with van der Waals surface area (Å²) < 4.78 is 6.06. The van der Waals surface area contributed by atoms with E-state index in [1.807, 2.05) is 29.2 Å². The number of ether oxygens (including phenoxy) is 1. The van der Waals surface area contributed by atoms with Gasteiger partial charge in [0.25, 0.3) is 0 Å². The first-order valence-corrected chi connectivity index (χ1v) is 6.23. The second kappa shape index (κ2) is 4.43. The number of rotatable bonds is 3. The van der Waals surface area contributed by atoms with Crippen molar-refractivity contribution in [3.05, 3.63) is 34.9 Å². The number of carbonyl (C=O) groups is 1. The Hall–Kier alpha value is -1.38. The summed E-state index contributed by atoms with van der Waals surface area (Å²) in [6.07, 6.45) is 0.790. The van der Waals surface area contributed by atoms with Gasteiger partial charge in [-0.15, -0.1) is 0 Å². The fourth-order valence-electron chi connectivity index (χ4n) is 1.21. The van der Waals surface area contributed by atoms with E-state index < -0.39 is 0 Å². The summed E-state index contributed by atoms with van der Waals surface area (Å²) in [6.45, 7) is 0. The predicted molar refractivity (Wildman–Crippen MR) is 58.6 cm³/mol. The molecule has 0 saturated heterocycles. The molecule has 0 saturated carbocycles. The third kappa shape index (κ3) is 2.17. The van der Waals surface area contributed by atoms with Crippen LogP contribution in [0.2, 0.25) is 0 Å². The number of aromatic nitrogens is 1. The zero-order valence-electron chi connectivity index (χ0n) is 8.14. The minimum atomic E-state index is 0.171. The van der Waals surface area contributed by atoms with E-state index in [-0.39, 0.29) is 14.5 Å². The molecule has 2 rings (SSSR count). The summed E-state index contributed by atoms with van der Waals surface area (Å²) in [5.41, 5.74) is 1.60. The summed E-state index contributed by atoms with van der Waals surface area (Å²) in [7, 11) is 1.64. The van der Waals surface area contributed by atoms with E-state index in [2.05, 4.69) is 4.98 Å². The SMILES string of the molecule is COc1ccc(-c2nc(C=O)c[se]2)cc1. The number of aldehydes is 1. The molecule has 15 heavy (non-hydrogen) atoms. The summed E-state index contributed by atoms with van der Waals surface area (Å²) in [5.74, 6) is 0.827. The van der Waals surface area contributed by atoms with E-state index in [9.17, 15) is 4.79 Å². The van der Waals surface area contributed by atoms with Crippen LogP contribution in [0.5, 0.6) is 5.75 Å². The molecular formula is C11H9NO2Se. The van der Waals surface area contributed by atoms with Crippen LogP contribution in [0.3, 0.4) is 0 Å². The molecular weight excluding hydrogens is 257 g/mol. The van der Waals surface area contributed by atoms with E-state index in [0.29, 0.717) is 5.69 Å². The standard InChI is InChI=1S/C11H9NO2Se/c1-14-10-4-2-8(3-5-10)11-12-9(6-13)7-15-11/h2-7H,1H3. The van der Waals surface area contributed by atoms with Crippen LogP contribution in [-0.2, 0) is 0 Å². The zero-order valence-corrected chi connectivity index (χ0v) is 9.85. The fourth-order valence-corrected chi connectivity index (χ4v) is 2.82. The Labute approximate surface area is 93.5 Å². The van der Waals surface area contributed by atoms with Gasteiger partial charge < -0.3 is 0 Å². The molecule has 3 nitrogen and oxygen atoms in total. The Bertz CT molecular complexity index is 462. The van der Waals surface area contributed by atoms with Crippen molar-refractivity contribution in [1.82, 2.24) is 4.98 Å². The van der Waals surface area contributed by atoms with E-state index >= 15 is 0 Å². The molecule has 0 aliphatic carbocycles. The Balaban J connectivity index is 2.32. The summed E-state index contributed by atoms with van der Waals surface area (Å²) in [6, 6.07) is 7.71. The van der Waals surface area contributed by atoms with Gasteiger partial charge in [0.1, 0.15) is 0 Å². The van der Waals surface area contributed by atoms with Crippen LogP contribution >= 0.6 is 0 Å². The van der Waals surface area contributed by atoms with Gasteiger partial charge in [-0.05, 0) is 0 Å². The molecule has 4 heteroatoms. The molecule has 0 spiro atoms. The quantitative estimate of drug-likeness (QED) is 0.626. The van der Waals surface area contributed by atoms with E-state index in [0.717, 1.165) is 22.2 Å². The van der Waals surface area contributed by atoms with E-state index in [4.69, 9.17) is 4.74 Å². The summed E-state index contributed by atoms with van der Waals surface area (Å²) in [5, 5.41) is 0. The fraction of sp³-hybridized carbons (Fsp3) is 0.0909. The third-order valence-electron chi connectivity index (χ3n) is 1.98. The van der Waals surface area contributed by atoms with Crippen molar-refractivity contribution < 1.29 is 9.53 Å². The van der Waals surface area contributed by atoms with Gasteiger partial charge >= 0.3 is 93.2 Å². The molecule has 1 aromatic heterocycles. The van der Waals surface area contributed by atoms with Crippen LogP contribution in [0.4, 0.5) is 0 Å². The number of nitrogens with zero attached hydrogens (tertiary/aromatic N) is 1. The van der Waals surface area contributed by atoms with Crippen molar-refractivity contribution in [2.24, 2.45) is 0 Å². The average molecular weight is 266 g/mol.